The molecule has 1 atom stereocenters. The highest BCUT2D eigenvalue weighted by molar-refractivity contribution is 6.59. The van der Waals surface area contributed by atoms with E-state index < -0.39 is 7.12 Å². The van der Waals surface area contributed by atoms with E-state index >= 15 is 0 Å². The molecule has 0 amide bonds. The molecule has 1 aliphatic rings. The molecular weight excluding hydrogens is 251 g/mol. The van der Waals surface area contributed by atoms with Crippen LogP contribution in [0.1, 0.15) is 25.3 Å². The minimum absolute atomic E-state index is 0.534. The van der Waals surface area contributed by atoms with E-state index in [1.807, 2.05) is 18.2 Å². The predicted octanol–water partition coefficient (Wildman–Crippen LogP) is 0.283. The molecule has 1 aromatic carbocycles. The Morgan fingerprint density at radius 2 is 2.00 bits per heavy atom. The van der Waals surface area contributed by atoms with Crippen LogP contribution < -0.4 is 5.46 Å². The lowest BCUT2D eigenvalue weighted by Gasteiger charge is -2.30. The van der Waals surface area contributed by atoms with E-state index in [0.29, 0.717) is 11.5 Å². The van der Waals surface area contributed by atoms with Gasteiger partial charge in [-0.3, -0.25) is 4.90 Å². The van der Waals surface area contributed by atoms with Crippen LogP contribution in [0.3, 0.4) is 0 Å². The molecule has 0 radical (unpaired) electrons. The van der Waals surface area contributed by atoms with Gasteiger partial charge in [-0.05, 0) is 37.5 Å². The average molecular weight is 276 g/mol. The van der Waals surface area contributed by atoms with Crippen molar-refractivity contribution in [3.05, 3.63) is 29.8 Å². The van der Waals surface area contributed by atoms with Crippen molar-refractivity contribution in [2.75, 3.05) is 26.7 Å². The van der Waals surface area contributed by atoms with E-state index in [9.17, 15) is 10.0 Å². The topological polar surface area (TPSA) is 46.9 Å². The van der Waals surface area contributed by atoms with Crippen molar-refractivity contribution in [3.8, 4) is 0 Å². The first-order valence-electron chi connectivity index (χ1n) is 7.48. The molecule has 1 aromatic rings. The number of hydrogen-bond acceptors (Lipinski definition) is 4. The molecule has 1 fully saturated rings. The van der Waals surface area contributed by atoms with Crippen LogP contribution in [-0.4, -0.2) is 59.7 Å². The van der Waals surface area contributed by atoms with Crippen molar-refractivity contribution in [2.24, 2.45) is 0 Å². The molecule has 1 unspecified atom stereocenters. The van der Waals surface area contributed by atoms with E-state index in [4.69, 9.17) is 0 Å². The third-order valence-electron chi connectivity index (χ3n) is 4.20. The van der Waals surface area contributed by atoms with Gasteiger partial charge in [-0.15, -0.1) is 0 Å². The zero-order valence-corrected chi connectivity index (χ0v) is 12.5. The standard InChI is InChI=1S/C15H25BN2O2/c1-3-14-12-17(2)9-6-10-18(14)11-13-7-4-5-8-15(13)16(19)20/h4-5,7-8,14,19-20H,3,6,9-12H2,1-2H3. The predicted molar refractivity (Wildman–Crippen MR) is 82.9 cm³/mol. The fraction of sp³-hybridized carbons (Fsp3) is 0.600. The smallest absolute Gasteiger partial charge is 0.423 e. The minimum Gasteiger partial charge on any atom is -0.423 e. The third kappa shape index (κ3) is 3.82. The Bertz CT molecular complexity index is 428. The van der Waals surface area contributed by atoms with E-state index in [0.717, 1.165) is 44.6 Å². The zero-order valence-electron chi connectivity index (χ0n) is 12.5. The Morgan fingerprint density at radius 1 is 1.25 bits per heavy atom. The third-order valence-corrected chi connectivity index (χ3v) is 4.20. The molecule has 4 nitrogen and oxygen atoms in total. The van der Waals surface area contributed by atoms with Gasteiger partial charge in [0.1, 0.15) is 0 Å². The molecule has 0 bridgehead atoms. The Labute approximate surface area is 122 Å². The second-order valence-corrected chi connectivity index (χ2v) is 5.72. The maximum Gasteiger partial charge on any atom is 0.488 e. The van der Waals surface area contributed by atoms with Crippen molar-refractivity contribution in [3.63, 3.8) is 0 Å². The van der Waals surface area contributed by atoms with Crippen LogP contribution in [0.15, 0.2) is 24.3 Å². The Balaban J connectivity index is 2.15. The second-order valence-electron chi connectivity index (χ2n) is 5.72. The van der Waals surface area contributed by atoms with Gasteiger partial charge in [0, 0.05) is 25.7 Å². The van der Waals surface area contributed by atoms with Crippen molar-refractivity contribution >= 4 is 12.6 Å². The van der Waals surface area contributed by atoms with Gasteiger partial charge in [-0.2, -0.15) is 0 Å². The first-order chi connectivity index (χ1) is 9.61. The summed E-state index contributed by atoms with van der Waals surface area (Å²) in [6.07, 6.45) is 2.28. The molecule has 1 saturated heterocycles. The summed E-state index contributed by atoms with van der Waals surface area (Å²) < 4.78 is 0. The van der Waals surface area contributed by atoms with Crippen molar-refractivity contribution in [1.29, 1.82) is 0 Å². The summed E-state index contributed by atoms with van der Waals surface area (Å²) in [5.74, 6) is 0. The average Bonchev–Trinajstić information content (AvgIpc) is 2.61. The monoisotopic (exact) mass is 276 g/mol. The normalized spacial score (nSPS) is 21.7. The SMILES string of the molecule is CCC1CN(C)CCCN1Cc1ccccc1B(O)O. The lowest BCUT2D eigenvalue weighted by molar-refractivity contribution is 0.176. The van der Waals surface area contributed by atoms with Crippen LogP contribution in [0.25, 0.3) is 0 Å². The van der Waals surface area contributed by atoms with Crippen molar-refractivity contribution in [2.45, 2.75) is 32.4 Å². The van der Waals surface area contributed by atoms with Gasteiger partial charge in [0.25, 0.3) is 0 Å². The summed E-state index contributed by atoms with van der Waals surface area (Å²) >= 11 is 0. The molecule has 0 aromatic heterocycles. The molecule has 1 aliphatic heterocycles. The van der Waals surface area contributed by atoms with E-state index in [-0.39, 0.29) is 0 Å². The Hall–Kier alpha value is -0.875. The molecule has 0 spiro atoms. The summed E-state index contributed by atoms with van der Waals surface area (Å²) in [6.45, 7) is 6.31. The summed E-state index contributed by atoms with van der Waals surface area (Å²) in [6, 6.07) is 8.14. The van der Waals surface area contributed by atoms with E-state index in [1.165, 1.54) is 0 Å². The van der Waals surface area contributed by atoms with Gasteiger partial charge in [0.15, 0.2) is 0 Å². The summed E-state index contributed by atoms with van der Waals surface area (Å²) in [5.41, 5.74) is 1.64. The molecule has 20 heavy (non-hydrogen) atoms. The van der Waals surface area contributed by atoms with Crippen molar-refractivity contribution < 1.29 is 10.0 Å². The van der Waals surface area contributed by atoms with Crippen LogP contribution in [0.5, 0.6) is 0 Å². The Kier molecular flexibility index (Phi) is 5.60. The fourth-order valence-corrected chi connectivity index (χ4v) is 3.04. The fourth-order valence-electron chi connectivity index (χ4n) is 3.04. The number of hydrogen-bond donors (Lipinski definition) is 2. The van der Waals surface area contributed by atoms with Gasteiger partial charge in [0.2, 0.25) is 0 Å². The van der Waals surface area contributed by atoms with E-state index in [2.05, 4.69) is 23.8 Å². The maximum absolute atomic E-state index is 9.48. The van der Waals surface area contributed by atoms with Gasteiger partial charge >= 0.3 is 7.12 Å². The molecule has 0 aliphatic carbocycles. The molecule has 1 heterocycles. The van der Waals surface area contributed by atoms with Crippen LogP contribution in [0.2, 0.25) is 0 Å². The molecule has 2 rings (SSSR count). The van der Waals surface area contributed by atoms with Crippen molar-refractivity contribution in [1.82, 2.24) is 9.80 Å². The number of benzene rings is 1. The van der Waals surface area contributed by atoms with Crippen LogP contribution >= 0.6 is 0 Å². The molecule has 0 saturated carbocycles. The summed E-state index contributed by atoms with van der Waals surface area (Å²) in [7, 11) is 0.790. The van der Waals surface area contributed by atoms with Crippen LogP contribution in [-0.2, 0) is 6.54 Å². The highest BCUT2D eigenvalue weighted by Crippen LogP contribution is 2.15. The zero-order chi connectivity index (χ0) is 14.5. The molecule has 2 N–H and O–H groups in total. The highest BCUT2D eigenvalue weighted by Gasteiger charge is 2.24. The number of nitrogens with zero attached hydrogens (tertiary/aromatic N) is 2. The van der Waals surface area contributed by atoms with Crippen LogP contribution in [0, 0.1) is 0 Å². The van der Waals surface area contributed by atoms with E-state index in [1.54, 1.807) is 6.07 Å². The molecule has 5 heteroatoms. The second kappa shape index (κ2) is 7.22. The summed E-state index contributed by atoms with van der Waals surface area (Å²) in [5, 5.41) is 19.0. The first kappa shape index (κ1) is 15.5. The largest absolute Gasteiger partial charge is 0.488 e. The van der Waals surface area contributed by atoms with Gasteiger partial charge in [-0.1, -0.05) is 31.2 Å². The molecular formula is C15H25BN2O2. The maximum atomic E-state index is 9.48. The van der Waals surface area contributed by atoms with Gasteiger partial charge < -0.3 is 14.9 Å². The van der Waals surface area contributed by atoms with Gasteiger partial charge in [-0.25, -0.2) is 0 Å². The molecule has 110 valence electrons. The van der Waals surface area contributed by atoms with Gasteiger partial charge in [0.05, 0.1) is 0 Å². The Morgan fingerprint density at radius 3 is 2.70 bits per heavy atom. The summed E-state index contributed by atoms with van der Waals surface area (Å²) in [4.78, 5) is 4.87. The lowest BCUT2D eigenvalue weighted by Crippen LogP contribution is -2.42. The quantitative estimate of drug-likeness (QED) is 0.776. The highest BCUT2D eigenvalue weighted by atomic mass is 16.4. The lowest BCUT2D eigenvalue weighted by atomic mass is 9.77. The number of likely N-dealkylation sites (N-methyl/N-ethyl adjacent to an activating group) is 1. The first-order valence-corrected chi connectivity index (χ1v) is 7.48. The minimum atomic E-state index is -1.39. The number of rotatable bonds is 4. The van der Waals surface area contributed by atoms with Crippen LogP contribution in [0.4, 0.5) is 0 Å².